The molecule has 158 valence electrons. The maximum Gasteiger partial charge on any atom is 0.434 e. The minimum absolute atomic E-state index is 0.0311. The summed E-state index contributed by atoms with van der Waals surface area (Å²) in [4.78, 5) is 23.3. The van der Waals surface area contributed by atoms with E-state index in [-0.39, 0.29) is 35.8 Å². The van der Waals surface area contributed by atoms with Crippen molar-refractivity contribution in [3.05, 3.63) is 58.8 Å². The molecule has 0 bridgehead atoms. The van der Waals surface area contributed by atoms with Crippen molar-refractivity contribution in [3.63, 3.8) is 0 Å². The largest absolute Gasteiger partial charge is 0.472 e. The highest BCUT2D eigenvalue weighted by atomic mass is 35.5. The summed E-state index contributed by atoms with van der Waals surface area (Å²) in [5, 5.41) is -0.0938. The van der Waals surface area contributed by atoms with E-state index < -0.39 is 17.8 Å². The number of ether oxygens (including phenoxy) is 2. The molecule has 0 radical (unpaired) electrons. The Hall–Kier alpha value is -3.14. The number of carbonyl (C=O) groups excluding carboxylic acids is 1. The Kier molecular flexibility index (Phi) is 6.25. The van der Waals surface area contributed by atoms with Crippen LogP contribution < -0.4 is 4.74 Å². The summed E-state index contributed by atoms with van der Waals surface area (Å²) in [5.74, 6) is -0.492. The van der Waals surface area contributed by atoms with Gasteiger partial charge in [-0.1, -0.05) is 24.3 Å². The number of alkyl halides is 3. The van der Waals surface area contributed by atoms with E-state index >= 15 is 0 Å². The number of aryl methyl sites for hydroxylation is 1. The lowest BCUT2D eigenvalue weighted by Gasteiger charge is -2.10. The Balaban J connectivity index is 1.76. The van der Waals surface area contributed by atoms with Gasteiger partial charge < -0.3 is 14.0 Å². The fraction of sp³-hybridized carbons (Fsp3) is 0.263. The molecule has 0 saturated carbocycles. The molecule has 11 heteroatoms. The Morgan fingerprint density at radius 3 is 2.50 bits per heavy atom. The van der Waals surface area contributed by atoms with E-state index in [4.69, 9.17) is 21.1 Å². The normalized spacial score (nSPS) is 11.4. The first kappa shape index (κ1) is 21.6. The van der Waals surface area contributed by atoms with Gasteiger partial charge in [-0.3, -0.25) is 0 Å². The van der Waals surface area contributed by atoms with Gasteiger partial charge >= 0.3 is 12.1 Å². The summed E-state index contributed by atoms with van der Waals surface area (Å²) in [6.45, 7) is 1.87. The summed E-state index contributed by atoms with van der Waals surface area (Å²) in [5.41, 5.74) is 0.271. The maximum absolute atomic E-state index is 12.8. The lowest BCUT2D eigenvalue weighted by Crippen LogP contribution is -2.10. The molecule has 0 aliphatic heterocycles. The minimum Gasteiger partial charge on any atom is -0.472 e. The highest BCUT2D eigenvalue weighted by Gasteiger charge is 2.34. The van der Waals surface area contributed by atoms with Crippen LogP contribution in [0.15, 0.2) is 36.7 Å². The van der Waals surface area contributed by atoms with Gasteiger partial charge in [0.05, 0.1) is 12.8 Å². The number of nitrogens with zero attached hydrogens (tertiary/aromatic N) is 4. The number of carbonyl (C=O) groups is 1. The number of halogens is 4. The van der Waals surface area contributed by atoms with E-state index in [9.17, 15) is 18.0 Å². The van der Waals surface area contributed by atoms with Gasteiger partial charge in [0.1, 0.15) is 18.0 Å². The summed E-state index contributed by atoms with van der Waals surface area (Å²) in [7, 11) is 1.49. The van der Waals surface area contributed by atoms with E-state index in [1.807, 2.05) is 0 Å². The summed E-state index contributed by atoms with van der Waals surface area (Å²) >= 11 is 5.77. The number of imidazole rings is 1. The van der Waals surface area contributed by atoms with Crippen molar-refractivity contribution in [1.29, 1.82) is 0 Å². The van der Waals surface area contributed by atoms with Crippen molar-refractivity contribution in [3.8, 4) is 17.3 Å². The van der Waals surface area contributed by atoms with E-state index in [1.165, 1.54) is 17.8 Å². The van der Waals surface area contributed by atoms with E-state index in [0.29, 0.717) is 11.1 Å². The lowest BCUT2D eigenvalue weighted by atomic mass is 10.1. The van der Waals surface area contributed by atoms with Crippen molar-refractivity contribution < 1.29 is 27.4 Å². The molecular weight excluding hydrogens is 425 g/mol. The molecule has 1 aromatic carbocycles. The Morgan fingerprint density at radius 2 is 1.90 bits per heavy atom. The second-order valence-electron chi connectivity index (χ2n) is 6.12. The van der Waals surface area contributed by atoms with Crippen LogP contribution in [0.4, 0.5) is 13.2 Å². The zero-order valence-corrected chi connectivity index (χ0v) is 16.7. The smallest absolute Gasteiger partial charge is 0.434 e. The Labute approximate surface area is 174 Å². The molecular formula is C19H16ClF3N4O3. The SMILES string of the molecule is CCOC(=O)c1cnc(Cl)nc1OCc1ccc(-c2nc(C(F)(F)F)cn2C)cc1. The third-order valence-corrected chi connectivity index (χ3v) is 4.16. The number of aromatic nitrogens is 4. The summed E-state index contributed by atoms with van der Waals surface area (Å²) in [6, 6.07) is 6.59. The monoisotopic (exact) mass is 440 g/mol. The van der Waals surface area contributed by atoms with Crippen LogP contribution in [-0.4, -0.2) is 32.1 Å². The van der Waals surface area contributed by atoms with Crippen LogP contribution in [-0.2, 0) is 24.6 Å². The number of rotatable bonds is 6. The van der Waals surface area contributed by atoms with Crippen molar-refractivity contribution in [2.24, 2.45) is 7.05 Å². The van der Waals surface area contributed by atoms with Crippen molar-refractivity contribution in [2.75, 3.05) is 6.61 Å². The van der Waals surface area contributed by atoms with Gasteiger partial charge in [-0.25, -0.2) is 14.8 Å². The first-order chi connectivity index (χ1) is 14.2. The first-order valence-corrected chi connectivity index (χ1v) is 9.09. The highest BCUT2D eigenvalue weighted by Crippen LogP contribution is 2.30. The highest BCUT2D eigenvalue weighted by molar-refractivity contribution is 6.28. The Morgan fingerprint density at radius 1 is 1.20 bits per heavy atom. The van der Waals surface area contributed by atoms with Gasteiger partial charge in [-0.2, -0.15) is 18.2 Å². The van der Waals surface area contributed by atoms with E-state index in [2.05, 4.69) is 15.0 Å². The average molecular weight is 441 g/mol. The molecule has 2 aromatic heterocycles. The van der Waals surface area contributed by atoms with Gasteiger partial charge in [-0.05, 0) is 24.1 Å². The van der Waals surface area contributed by atoms with Gasteiger partial charge in [0, 0.05) is 18.8 Å². The van der Waals surface area contributed by atoms with Gasteiger partial charge in [-0.15, -0.1) is 0 Å². The second-order valence-corrected chi connectivity index (χ2v) is 6.46. The molecule has 0 fully saturated rings. The molecule has 0 unspecified atom stereocenters. The number of hydrogen-bond donors (Lipinski definition) is 0. The topological polar surface area (TPSA) is 79.1 Å². The van der Waals surface area contributed by atoms with E-state index in [1.54, 1.807) is 31.2 Å². The number of benzene rings is 1. The molecule has 0 N–H and O–H groups in total. The van der Waals surface area contributed by atoms with Crippen LogP contribution in [0.1, 0.15) is 28.5 Å². The Bertz CT molecular complexity index is 1050. The third kappa shape index (κ3) is 4.88. The fourth-order valence-electron chi connectivity index (χ4n) is 2.58. The van der Waals surface area contributed by atoms with E-state index in [0.717, 1.165) is 6.20 Å². The first-order valence-electron chi connectivity index (χ1n) is 8.71. The van der Waals surface area contributed by atoms with Crippen molar-refractivity contribution >= 4 is 17.6 Å². The molecule has 3 rings (SSSR count). The molecule has 0 aliphatic rings. The van der Waals surface area contributed by atoms with Gasteiger partial charge in [0.25, 0.3) is 0 Å². The van der Waals surface area contributed by atoms with Crippen molar-refractivity contribution in [2.45, 2.75) is 19.7 Å². The van der Waals surface area contributed by atoms with Crippen molar-refractivity contribution in [1.82, 2.24) is 19.5 Å². The van der Waals surface area contributed by atoms with Crippen LogP contribution >= 0.6 is 11.6 Å². The molecule has 0 aliphatic carbocycles. The predicted octanol–water partition coefficient (Wildman–Crippen LogP) is 4.31. The quantitative estimate of drug-likeness (QED) is 0.420. The van der Waals surface area contributed by atoms with Crippen LogP contribution in [0, 0.1) is 0 Å². The predicted molar refractivity (Wildman–Crippen MR) is 101 cm³/mol. The molecule has 7 nitrogen and oxygen atoms in total. The third-order valence-electron chi connectivity index (χ3n) is 3.97. The maximum atomic E-state index is 12.8. The molecule has 0 saturated heterocycles. The minimum atomic E-state index is -4.51. The molecule has 0 amide bonds. The summed E-state index contributed by atoms with van der Waals surface area (Å²) in [6.07, 6.45) is -2.37. The van der Waals surface area contributed by atoms with Gasteiger partial charge in [0.15, 0.2) is 5.69 Å². The van der Waals surface area contributed by atoms with Crippen LogP contribution in [0.3, 0.4) is 0 Å². The molecule has 3 aromatic rings. The molecule has 0 atom stereocenters. The van der Waals surface area contributed by atoms with Crippen LogP contribution in [0.25, 0.3) is 11.4 Å². The zero-order valence-electron chi connectivity index (χ0n) is 15.9. The standard InChI is InChI=1S/C19H16ClF3N4O3/c1-3-29-17(28)13-8-24-18(20)26-16(13)30-10-11-4-6-12(7-5-11)15-25-14(9-27(15)2)19(21,22)23/h4-9H,3,10H2,1-2H3. The second kappa shape index (κ2) is 8.70. The molecule has 30 heavy (non-hydrogen) atoms. The van der Waals surface area contributed by atoms with Crippen LogP contribution in [0.2, 0.25) is 5.28 Å². The van der Waals surface area contributed by atoms with Crippen LogP contribution in [0.5, 0.6) is 5.88 Å². The average Bonchev–Trinajstić information content (AvgIpc) is 3.09. The zero-order chi connectivity index (χ0) is 21.9. The molecule has 2 heterocycles. The number of hydrogen-bond acceptors (Lipinski definition) is 6. The van der Waals surface area contributed by atoms with Gasteiger partial charge in [0.2, 0.25) is 11.2 Å². The molecule has 0 spiro atoms. The number of esters is 1. The summed E-state index contributed by atoms with van der Waals surface area (Å²) < 4.78 is 50.4. The lowest BCUT2D eigenvalue weighted by molar-refractivity contribution is -0.140. The fourth-order valence-corrected chi connectivity index (χ4v) is 2.70.